The van der Waals surface area contributed by atoms with Crippen molar-refractivity contribution in [3.8, 4) is 33.4 Å². The molecule has 0 bridgehead atoms. The molecule has 0 radical (unpaired) electrons. The van der Waals surface area contributed by atoms with Crippen LogP contribution in [-0.4, -0.2) is 4.98 Å². The van der Waals surface area contributed by atoms with Crippen LogP contribution in [0, 0.1) is 0 Å². The average Bonchev–Trinajstić information content (AvgIpc) is 2.69. The highest BCUT2D eigenvalue weighted by atomic mass is 14.6. The van der Waals surface area contributed by atoms with E-state index in [4.69, 9.17) is 0 Å². The van der Waals surface area contributed by atoms with Crippen molar-refractivity contribution < 1.29 is 0 Å². The van der Waals surface area contributed by atoms with E-state index in [9.17, 15) is 0 Å². The highest BCUT2D eigenvalue weighted by Crippen LogP contribution is 2.32. The van der Waals surface area contributed by atoms with Gasteiger partial charge in [-0.1, -0.05) is 78.9 Å². The predicted octanol–water partition coefficient (Wildman–Crippen LogP) is 6.08. The molecule has 0 unspecified atom stereocenters. The number of hydrogen-bond donors (Lipinski definition) is 0. The first-order chi connectivity index (χ1) is 11.9. The molecule has 4 rings (SSSR count). The molecule has 0 N–H and O–H groups in total. The van der Waals surface area contributed by atoms with Crippen molar-refractivity contribution in [3.63, 3.8) is 0 Å². The maximum absolute atomic E-state index is 4.08. The Labute approximate surface area is 142 Å². The van der Waals surface area contributed by atoms with Crippen molar-refractivity contribution >= 4 is 0 Å². The van der Waals surface area contributed by atoms with Gasteiger partial charge in [-0.25, -0.2) is 0 Å². The molecule has 0 atom stereocenters. The van der Waals surface area contributed by atoms with Crippen molar-refractivity contribution in [1.29, 1.82) is 0 Å². The molecule has 4 aromatic rings. The van der Waals surface area contributed by atoms with Crippen molar-refractivity contribution in [1.82, 2.24) is 4.98 Å². The third-order valence-corrected chi connectivity index (χ3v) is 4.22. The summed E-state index contributed by atoms with van der Waals surface area (Å²) in [6.07, 6.45) is 3.65. The minimum absolute atomic E-state index is 1.19. The Kier molecular flexibility index (Phi) is 3.91. The van der Waals surface area contributed by atoms with E-state index in [0.717, 1.165) is 0 Å². The van der Waals surface area contributed by atoms with Crippen LogP contribution in [0.5, 0.6) is 0 Å². The molecule has 1 nitrogen and oxygen atoms in total. The van der Waals surface area contributed by atoms with E-state index in [0.29, 0.717) is 0 Å². The summed E-state index contributed by atoms with van der Waals surface area (Å²) in [6.45, 7) is 0. The van der Waals surface area contributed by atoms with Gasteiger partial charge in [0.25, 0.3) is 0 Å². The first-order valence-electron chi connectivity index (χ1n) is 8.07. The highest BCUT2D eigenvalue weighted by molar-refractivity contribution is 5.84. The van der Waals surface area contributed by atoms with Crippen molar-refractivity contribution in [2.45, 2.75) is 0 Å². The van der Waals surface area contributed by atoms with Gasteiger partial charge in [-0.2, -0.15) is 0 Å². The molecule has 3 aromatic carbocycles. The molecule has 0 amide bonds. The van der Waals surface area contributed by atoms with E-state index >= 15 is 0 Å². The molecule has 1 heteroatoms. The highest BCUT2D eigenvalue weighted by Gasteiger charge is 2.07. The van der Waals surface area contributed by atoms with Gasteiger partial charge < -0.3 is 0 Å². The average molecular weight is 307 g/mol. The second-order valence-corrected chi connectivity index (χ2v) is 5.72. The first-order valence-corrected chi connectivity index (χ1v) is 8.07. The third-order valence-electron chi connectivity index (χ3n) is 4.22. The van der Waals surface area contributed by atoms with Crippen molar-refractivity contribution in [2.24, 2.45) is 0 Å². The Morgan fingerprint density at radius 2 is 0.833 bits per heavy atom. The second kappa shape index (κ2) is 6.51. The maximum atomic E-state index is 4.08. The van der Waals surface area contributed by atoms with E-state index in [1.54, 1.807) is 0 Å². The summed E-state index contributed by atoms with van der Waals surface area (Å²) in [6, 6.07) is 31.9. The minimum Gasteiger partial charge on any atom is -0.265 e. The van der Waals surface area contributed by atoms with E-state index in [1.165, 1.54) is 33.4 Å². The smallest absolute Gasteiger partial charge is 0.0273 e. The quantitative estimate of drug-likeness (QED) is 0.447. The van der Waals surface area contributed by atoms with Gasteiger partial charge in [-0.15, -0.1) is 0 Å². The van der Waals surface area contributed by atoms with Gasteiger partial charge in [0.15, 0.2) is 0 Å². The topological polar surface area (TPSA) is 12.9 Å². The standard InChI is InChI=1S/C23H17N/c1-2-6-20(7-3-1)22-8-4-5-9-23(22)21-12-10-18(11-13-21)19-14-16-24-17-15-19/h1-17H. The van der Waals surface area contributed by atoms with E-state index in [2.05, 4.69) is 83.8 Å². The van der Waals surface area contributed by atoms with Crippen LogP contribution >= 0.6 is 0 Å². The zero-order chi connectivity index (χ0) is 16.2. The minimum atomic E-state index is 1.19. The largest absolute Gasteiger partial charge is 0.265 e. The summed E-state index contributed by atoms with van der Waals surface area (Å²) >= 11 is 0. The number of aromatic nitrogens is 1. The molecular formula is C23H17N. The van der Waals surface area contributed by atoms with Crippen LogP contribution in [0.25, 0.3) is 33.4 Å². The van der Waals surface area contributed by atoms with Crippen molar-refractivity contribution in [3.05, 3.63) is 103 Å². The summed E-state index contributed by atoms with van der Waals surface area (Å²) in [5.74, 6) is 0. The lowest BCUT2D eigenvalue weighted by molar-refractivity contribution is 1.33. The van der Waals surface area contributed by atoms with Crippen LogP contribution in [0.15, 0.2) is 103 Å². The zero-order valence-corrected chi connectivity index (χ0v) is 13.3. The first kappa shape index (κ1) is 14.4. The van der Waals surface area contributed by atoms with Gasteiger partial charge >= 0.3 is 0 Å². The van der Waals surface area contributed by atoms with Gasteiger partial charge in [0.1, 0.15) is 0 Å². The lowest BCUT2D eigenvalue weighted by atomic mass is 9.93. The van der Waals surface area contributed by atoms with Gasteiger partial charge in [0.05, 0.1) is 0 Å². The molecule has 0 spiro atoms. The Morgan fingerprint density at radius 3 is 1.46 bits per heavy atom. The summed E-state index contributed by atoms with van der Waals surface area (Å²) in [5.41, 5.74) is 7.38. The van der Waals surface area contributed by atoms with Crippen LogP contribution in [0.2, 0.25) is 0 Å². The maximum Gasteiger partial charge on any atom is 0.0273 e. The third kappa shape index (κ3) is 2.84. The lowest BCUT2D eigenvalue weighted by Gasteiger charge is -2.11. The molecule has 0 saturated heterocycles. The van der Waals surface area contributed by atoms with E-state index in [-0.39, 0.29) is 0 Å². The molecule has 24 heavy (non-hydrogen) atoms. The monoisotopic (exact) mass is 307 g/mol. The molecular weight excluding hydrogens is 290 g/mol. The molecule has 0 aliphatic carbocycles. The Balaban J connectivity index is 1.75. The zero-order valence-electron chi connectivity index (χ0n) is 13.3. The Hall–Kier alpha value is -3.19. The van der Waals surface area contributed by atoms with Crippen LogP contribution in [0.1, 0.15) is 0 Å². The number of pyridine rings is 1. The van der Waals surface area contributed by atoms with E-state index in [1.807, 2.05) is 24.5 Å². The van der Waals surface area contributed by atoms with Crippen LogP contribution in [0.4, 0.5) is 0 Å². The Bertz CT molecular complexity index is 926. The molecule has 1 aromatic heterocycles. The lowest BCUT2D eigenvalue weighted by Crippen LogP contribution is -1.85. The van der Waals surface area contributed by atoms with Gasteiger partial charge in [-0.05, 0) is 45.5 Å². The fraction of sp³-hybridized carbons (Fsp3) is 0. The molecule has 0 fully saturated rings. The van der Waals surface area contributed by atoms with Crippen LogP contribution < -0.4 is 0 Å². The summed E-state index contributed by atoms with van der Waals surface area (Å²) in [5, 5.41) is 0. The summed E-state index contributed by atoms with van der Waals surface area (Å²) < 4.78 is 0. The van der Waals surface area contributed by atoms with Crippen LogP contribution in [-0.2, 0) is 0 Å². The Morgan fingerprint density at radius 1 is 0.375 bits per heavy atom. The molecule has 1 heterocycles. The number of benzene rings is 3. The molecule has 0 aliphatic rings. The number of hydrogen-bond acceptors (Lipinski definition) is 1. The summed E-state index contributed by atoms with van der Waals surface area (Å²) in [4.78, 5) is 4.08. The van der Waals surface area contributed by atoms with Gasteiger partial charge in [-0.3, -0.25) is 4.98 Å². The number of nitrogens with zero attached hydrogens (tertiary/aromatic N) is 1. The van der Waals surface area contributed by atoms with Gasteiger partial charge in [0, 0.05) is 12.4 Å². The second-order valence-electron chi connectivity index (χ2n) is 5.72. The van der Waals surface area contributed by atoms with Gasteiger partial charge in [0.2, 0.25) is 0 Å². The van der Waals surface area contributed by atoms with Crippen LogP contribution in [0.3, 0.4) is 0 Å². The fourth-order valence-corrected chi connectivity index (χ4v) is 2.99. The van der Waals surface area contributed by atoms with E-state index < -0.39 is 0 Å². The molecule has 0 saturated carbocycles. The molecule has 114 valence electrons. The predicted molar refractivity (Wildman–Crippen MR) is 101 cm³/mol. The fourth-order valence-electron chi connectivity index (χ4n) is 2.99. The molecule has 0 aliphatic heterocycles. The normalized spacial score (nSPS) is 10.5. The number of rotatable bonds is 3. The SMILES string of the molecule is c1ccc(-c2ccccc2-c2ccc(-c3ccncc3)cc2)cc1. The summed E-state index contributed by atoms with van der Waals surface area (Å²) in [7, 11) is 0. The van der Waals surface area contributed by atoms with Crippen molar-refractivity contribution in [2.75, 3.05) is 0 Å².